The van der Waals surface area contributed by atoms with Crippen molar-refractivity contribution in [3.8, 4) is 0 Å². The van der Waals surface area contributed by atoms with Crippen LogP contribution < -0.4 is 5.32 Å². The van der Waals surface area contributed by atoms with E-state index < -0.39 is 5.97 Å². The standard InChI is InChI=1S/C12H21NO2/c14-12(15)10-7-8-11(10)13-9-5-3-1-2-4-6-9/h9-11,13H,1-8H2,(H,14,15). The van der Waals surface area contributed by atoms with Crippen molar-refractivity contribution in [1.82, 2.24) is 5.32 Å². The van der Waals surface area contributed by atoms with Gasteiger partial charge >= 0.3 is 5.97 Å². The van der Waals surface area contributed by atoms with Gasteiger partial charge in [-0.15, -0.1) is 0 Å². The molecule has 2 unspecified atom stereocenters. The first-order chi connectivity index (χ1) is 7.27. The monoisotopic (exact) mass is 211 g/mol. The van der Waals surface area contributed by atoms with Gasteiger partial charge < -0.3 is 10.4 Å². The Hall–Kier alpha value is -0.570. The number of carboxylic acids is 1. The van der Waals surface area contributed by atoms with Crippen molar-refractivity contribution in [3.63, 3.8) is 0 Å². The lowest BCUT2D eigenvalue weighted by atomic mass is 9.79. The van der Waals surface area contributed by atoms with Crippen LogP contribution in [0.3, 0.4) is 0 Å². The van der Waals surface area contributed by atoms with Crippen LogP contribution in [0, 0.1) is 5.92 Å². The molecule has 0 radical (unpaired) electrons. The summed E-state index contributed by atoms with van der Waals surface area (Å²) in [7, 11) is 0. The molecule has 0 bridgehead atoms. The number of carboxylic acid groups (broad SMARTS) is 1. The minimum absolute atomic E-state index is 0.117. The maximum Gasteiger partial charge on any atom is 0.308 e. The molecule has 15 heavy (non-hydrogen) atoms. The van der Waals surface area contributed by atoms with E-state index in [-0.39, 0.29) is 12.0 Å². The van der Waals surface area contributed by atoms with Crippen molar-refractivity contribution in [2.24, 2.45) is 5.92 Å². The zero-order chi connectivity index (χ0) is 10.7. The van der Waals surface area contributed by atoms with Crippen LogP contribution in [0.5, 0.6) is 0 Å². The SMILES string of the molecule is O=C(O)C1CCC1NC1CCCCCC1. The van der Waals surface area contributed by atoms with E-state index >= 15 is 0 Å². The Bertz CT molecular complexity index is 222. The quantitative estimate of drug-likeness (QED) is 0.703. The molecule has 2 aliphatic rings. The Labute approximate surface area is 91.2 Å². The van der Waals surface area contributed by atoms with Crippen LogP contribution in [-0.4, -0.2) is 23.2 Å². The third-order valence-corrected chi connectivity index (χ3v) is 3.90. The van der Waals surface area contributed by atoms with Gasteiger partial charge in [-0.25, -0.2) is 0 Å². The van der Waals surface area contributed by atoms with E-state index in [4.69, 9.17) is 5.11 Å². The first-order valence-electron chi connectivity index (χ1n) is 6.26. The molecular weight excluding hydrogens is 190 g/mol. The van der Waals surface area contributed by atoms with Crippen molar-refractivity contribution in [2.45, 2.75) is 63.5 Å². The molecular formula is C12H21NO2. The Kier molecular flexibility index (Phi) is 3.62. The summed E-state index contributed by atoms with van der Waals surface area (Å²) >= 11 is 0. The number of aliphatic carboxylic acids is 1. The highest BCUT2D eigenvalue weighted by Crippen LogP contribution is 2.29. The van der Waals surface area contributed by atoms with Crippen LogP contribution in [0.1, 0.15) is 51.4 Å². The van der Waals surface area contributed by atoms with Crippen LogP contribution in [0.2, 0.25) is 0 Å². The topological polar surface area (TPSA) is 49.3 Å². The highest BCUT2D eigenvalue weighted by molar-refractivity contribution is 5.72. The predicted octanol–water partition coefficient (Wildman–Crippen LogP) is 2.16. The van der Waals surface area contributed by atoms with E-state index in [9.17, 15) is 4.79 Å². The fraction of sp³-hybridized carbons (Fsp3) is 0.917. The largest absolute Gasteiger partial charge is 0.481 e. The molecule has 2 aliphatic carbocycles. The van der Waals surface area contributed by atoms with E-state index in [1.807, 2.05) is 0 Å². The Morgan fingerprint density at radius 1 is 1.00 bits per heavy atom. The summed E-state index contributed by atoms with van der Waals surface area (Å²) in [5.41, 5.74) is 0. The van der Waals surface area contributed by atoms with Gasteiger partial charge in [0.15, 0.2) is 0 Å². The van der Waals surface area contributed by atoms with Crippen molar-refractivity contribution < 1.29 is 9.90 Å². The maximum atomic E-state index is 10.9. The molecule has 2 N–H and O–H groups in total. The van der Waals surface area contributed by atoms with Gasteiger partial charge in [0.1, 0.15) is 0 Å². The summed E-state index contributed by atoms with van der Waals surface area (Å²) in [6.45, 7) is 0. The minimum atomic E-state index is -0.618. The number of rotatable bonds is 3. The lowest BCUT2D eigenvalue weighted by molar-refractivity contribution is -0.146. The number of carbonyl (C=O) groups is 1. The summed E-state index contributed by atoms with van der Waals surface area (Å²) in [5.74, 6) is -0.736. The fourth-order valence-electron chi connectivity index (χ4n) is 2.74. The lowest BCUT2D eigenvalue weighted by Crippen LogP contribution is -2.51. The van der Waals surface area contributed by atoms with Crippen LogP contribution in [0.15, 0.2) is 0 Å². The number of hydrogen-bond donors (Lipinski definition) is 2. The Morgan fingerprint density at radius 3 is 2.13 bits per heavy atom. The molecule has 86 valence electrons. The molecule has 3 heteroatoms. The van der Waals surface area contributed by atoms with E-state index in [0.29, 0.717) is 6.04 Å². The zero-order valence-corrected chi connectivity index (χ0v) is 9.24. The average Bonchev–Trinajstić information content (AvgIpc) is 2.39. The number of nitrogens with one attached hydrogen (secondary N) is 1. The minimum Gasteiger partial charge on any atom is -0.481 e. The van der Waals surface area contributed by atoms with Crippen molar-refractivity contribution in [3.05, 3.63) is 0 Å². The van der Waals surface area contributed by atoms with E-state index in [1.165, 1.54) is 38.5 Å². The summed E-state index contributed by atoms with van der Waals surface area (Å²) in [4.78, 5) is 10.9. The molecule has 0 saturated heterocycles. The summed E-state index contributed by atoms with van der Waals surface area (Å²) in [6.07, 6.45) is 9.71. The van der Waals surface area contributed by atoms with Gasteiger partial charge in [-0.3, -0.25) is 4.79 Å². The fourth-order valence-corrected chi connectivity index (χ4v) is 2.74. The van der Waals surface area contributed by atoms with Crippen molar-refractivity contribution >= 4 is 5.97 Å². The molecule has 0 spiro atoms. The maximum absolute atomic E-state index is 10.9. The molecule has 0 heterocycles. The van der Waals surface area contributed by atoms with Gasteiger partial charge in [0, 0.05) is 12.1 Å². The van der Waals surface area contributed by atoms with Crippen LogP contribution in [0.4, 0.5) is 0 Å². The second-order valence-corrected chi connectivity index (χ2v) is 4.98. The van der Waals surface area contributed by atoms with Crippen LogP contribution >= 0.6 is 0 Å². The Morgan fingerprint density at radius 2 is 1.67 bits per heavy atom. The molecule has 0 amide bonds. The first kappa shape index (κ1) is 10.9. The average molecular weight is 211 g/mol. The third-order valence-electron chi connectivity index (χ3n) is 3.90. The third kappa shape index (κ3) is 2.71. The van der Waals surface area contributed by atoms with Gasteiger partial charge in [-0.05, 0) is 25.7 Å². The van der Waals surface area contributed by atoms with Crippen LogP contribution in [-0.2, 0) is 4.79 Å². The van der Waals surface area contributed by atoms with E-state index in [2.05, 4.69) is 5.32 Å². The van der Waals surface area contributed by atoms with Crippen LogP contribution in [0.25, 0.3) is 0 Å². The second-order valence-electron chi connectivity index (χ2n) is 4.98. The van der Waals surface area contributed by atoms with Gasteiger partial charge in [-0.2, -0.15) is 0 Å². The molecule has 0 aromatic heterocycles. The molecule has 2 saturated carbocycles. The van der Waals surface area contributed by atoms with Gasteiger partial charge in [0.2, 0.25) is 0 Å². The second kappa shape index (κ2) is 4.97. The molecule has 2 fully saturated rings. The number of hydrogen-bond acceptors (Lipinski definition) is 2. The predicted molar refractivity (Wildman–Crippen MR) is 58.8 cm³/mol. The molecule has 2 atom stereocenters. The summed E-state index contributed by atoms with van der Waals surface area (Å²) < 4.78 is 0. The summed E-state index contributed by atoms with van der Waals surface area (Å²) in [5, 5.41) is 12.5. The molecule has 0 aromatic rings. The van der Waals surface area contributed by atoms with Crippen molar-refractivity contribution in [1.29, 1.82) is 0 Å². The normalized spacial score (nSPS) is 33.1. The first-order valence-corrected chi connectivity index (χ1v) is 6.26. The van der Waals surface area contributed by atoms with Crippen molar-refractivity contribution in [2.75, 3.05) is 0 Å². The highest BCUT2D eigenvalue weighted by atomic mass is 16.4. The van der Waals surface area contributed by atoms with Gasteiger partial charge in [-0.1, -0.05) is 25.7 Å². The summed E-state index contributed by atoms with van der Waals surface area (Å²) in [6, 6.07) is 0.838. The van der Waals surface area contributed by atoms with E-state index in [1.54, 1.807) is 0 Å². The molecule has 3 nitrogen and oxygen atoms in total. The zero-order valence-electron chi connectivity index (χ0n) is 9.24. The molecule has 0 aromatic carbocycles. The lowest BCUT2D eigenvalue weighted by Gasteiger charge is -2.37. The molecule has 2 rings (SSSR count). The van der Waals surface area contributed by atoms with E-state index in [0.717, 1.165) is 12.8 Å². The molecule has 0 aliphatic heterocycles. The highest BCUT2D eigenvalue weighted by Gasteiger charge is 2.37. The van der Waals surface area contributed by atoms with Gasteiger partial charge in [0.25, 0.3) is 0 Å². The van der Waals surface area contributed by atoms with Gasteiger partial charge in [0.05, 0.1) is 5.92 Å². The smallest absolute Gasteiger partial charge is 0.308 e. The Balaban J connectivity index is 1.78.